The standard InChI is InChI=1S/C20H34O4/c1-23-19(21)17(13-15-9-5-3-6-10-15)14-18(20(22)24-2)16-11-7-4-8-12-16/h15-18H,3-14H2,1-2H3/t17-,18-/m0/s1. The molecule has 2 atom stereocenters. The van der Waals surface area contributed by atoms with Crippen molar-refractivity contribution in [3.63, 3.8) is 0 Å². The first-order chi connectivity index (χ1) is 11.7. The van der Waals surface area contributed by atoms with Crippen LogP contribution in [0.3, 0.4) is 0 Å². The molecule has 0 spiro atoms. The van der Waals surface area contributed by atoms with Crippen molar-refractivity contribution in [3.8, 4) is 0 Å². The van der Waals surface area contributed by atoms with Gasteiger partial charge in [0.2, 0.25) is 0 Å². The van der Waals surface area contributed by atoms with E-state index in [1.54, 1.807) is 0 Å². The minimum Gasteiger partial charge on any atom is -0.469 e. The minimum atomic E-state index is -0.163. The van der Waals surface area contributed by atoms with Crippen molar-refractivity contribution in [2.24, 2.45) is 23.7 Å². The van der Waals surface area contributed by atoms with E-state index in [1.807, 2.05) is 0 Å². The van der Waals surface area contributed by atoms with E-state index >= 15 is 0 Å². The van der Waals surface area contributed by atoms with Crippen LogP contribution in [-0.2, 0) is 19.1 Å². The number of ether oxygens (including phenoxy) is 2. The predicted octanol–water partition coefficient (Wildman–Crippen LogP) is 4.51. The van der Waals surface area contributed by atoms with Gasteiger partial charge in [-0.2, -0.15) is 0 Å². The zero-order valence-corrected chi connectivity index (χ0v) is 15.4. The molecule has 2 aliphatic rings. The molecule has 0 amide bonds. The van der Waals surface area contributed by atoms with Gasteiger partial charge in [-0.05, 0) is 37.5 Å². The summed E-state index contributed by atoms with van der Waals surface area (Å²) in [6.45, 7) is 0. The SMILES string of the molecule is COC(=O)[C@@H](CC1CCCCC1)C[C@H](C(=O)OC)C1CCCCC1. The summed E-state index contributed by atoms with van der Waals surface area (Å²) in [6.07, 6.45) is 13.5. The van der Waals surface area contributed by atoms with Crippen LogP contribution in [-0.4, -0.2) is 26.2 Å². The summed E-state index contributed by atoms with van der Waals surface area (Å²) in [5.74, 6) is 0.370. The highest BCUT2D eigenvalue weighted by molar-refractivity contribution is 5.76. The Morgan fingerprint density at radius 1 is 0.833 bits per heavy atom. The van der Waals surface area contributed by atoms with Crippen LogP contribution in [0.2, 0.25) is 0 Å². The Bertz CT molecular complexity index is 394. The van der Waals surface area contributed by atoms with E-state index < -0.39 is 0 Å². The summed E-state index contributed by atoms with van der Waals surface area (Å²) in [5, 5.41) is 0. The Hall–Kier alpha value is -1.06. The second-order valence-electron chi connectivity index (χ2n) is 7.72. The fraction of sp³-hybridized carbons (Fsp3) is 0.900. The van der Waals surface area contributed by atoms with Crippen molar-refractivity contribution < 1.29 is 19.1 Å². The van der Waals surface area contributed by atoms with Crippen LogP contribution in [0.4, 0.5) is 0 Å². The van der Waals surface area contributed by atoms with Gasteiger partial charge in [0.25, 0.3) is 0 Å². The van der Waals surface area contributed by atoms with Crippen LogP contribution in [0.15, 0.2) is 0 Å². The number of carbonyl (C=O) groups is 2. The van der Waals surface area contributed by atoms with Crippen molar-refractivity contribution in [1.29, 1.82) is 0 Å². The highest BCUT2D eigenvalue weighted by Gasteiger charge is 2.36. The largest absolute Gasteiger partial charge is 0.469 e. The molecule has 4 nitrogen and oxygen atoms in total. The third kappa shape index (κ3) is 5.49. The molecule has 0 N–H and O–H groups in total. The Balaban J connectivity index is 2.04. The van der Waals surface area contributed by atoms with Gasteiger partial charge in [0.05, 0.1) is 26.1 Å². The second kappa shape index (κ2) is 10.0. The van der Waals surface area contributed by atoms with E-state index in [9.17, 15) is 9.59 Å². The number of esters is 2. The molecule has 2 fully saturated rings. The maximum atomic E-state index is 12.4. The second-order valence-corrected chi connectivity index (χ2v) is 7.72. The molecule has 2 rings (SSSR count). The molecule has 24 heavy (non-hydrogen) atoms. The Kier molecular flexibility index (Phi) is 8.07. The molecule has 0 radical (unpaired) electrons. The molecule has 0 unspecified atom stereocenters. The summed E-state index contributed by atoms with van der Waals surface area (Å²) in [6, 6.07) is 0. The number of hydrogen-bond donors (Lipinski definition) is 0. The summed E-state index contributed by atoms with van der Waals surface area (Å²) >= 11 is 0. The maximum absolute atomic E-state index is 12.4. The van der Waals surface area contributed by atoms with Gasteiger partial charge in [-0.25, -0.2) is 0 Å². The van der Waals surface area contributed by atoms with Crippen molar-refractivity contribution in [3.05, 3.63) is 0 Å². The fourth-order valence-electron chi connectivity index (χ4n) is 4.76. The molecule has 0 bridgehead atoms. The monoisotopic (exact) mass is 338 g/mol. The molecule has 0 aromatic rings. The lowest BCUT2D eigenvalue weighted by Crippen LogP contribution is -2.32. The van der Waals surface area contributed by atoms with Crippen molar-refractivity contribution >= 4 is 11.9 Å². The van der Waals surface area contributed by atoms with Crippen molar-refractivity contribution in [2.45, 2.75) is 77.0 Å². The normalized spacial score (nSPS) is 22.6. The molecule has 138 valence electrons. The fourth-order valence-corrected chi connectivity index (χ4v) is 4.76. The quantitative estimate of drug-likeness (QED) is 0.641. The lowest BCUT2D eigenvalue weighted by molar-refractivity contribution is -0.152. The summed E-state index contributed by atoms with van der Waals surface area (Å²) in [5.41, 5.74) is 0. The average molecular weight is 338 g/mol. The Morgan fingerprint density at radius 2 is 1.38 bits per heavy atom. The van der Waals surface area contributed by atoms with E-state index in [4.69, 9.17) is 9.47 Å². The highest BCUT2D eigenvalue weighted by Crippen LogP contribution is 2.37. The third-order valence-corrected chi connectivity index (χ3v) is 6.14. The van der Waals surface area contributed by atoms with E-state index in [1.165, 1.54) is 65.6 Å². The average Bonchev–Trinajstić information content (AvgIpc) is 2.65. The maximum Gasteiger partial charge on any atom is 0.308 e. The molecule has 0 aliphatic heterocycles. The summed E-state index contributed by atoms with van der Waals surface area (Å²) in [4.78, 5) is 24.7. The van der Waals surface area contributed by atoms with Crippen LogP contribution in [0.5, 0.6) is 0 Å². The molecule has 0 aromatic heterocycles. The molecule has 0 aromatic carbocycles. The van der Waals surface area contributed by atoms with Gasteiger partial charge in [0.15, 0.2) is 0 Å². The first kappa shape index (κ1) is 19.3. The van der Waals surface area contributed by atoms with E-state index in [2.05, 4.69) is 0 Å². The smallest absolute Gasteiger partial charge is 0.308 e. The number of rotatable bonds is 7. The topological polar surface area (TPSA) is 52.6 Å². The molecule has 4 heteroatoms. The Labute approximate surface area is 146 Å². The molecular formula is C20H34O4. The summed E-state index contributed by atoms with van der Waals surface area (Å²) in [7, 11) is 2.93. The summed E-state index contributed by atoms with van der Waals surface area (Å²) < 4.78 is 10.1. The van der Waals surface area contributed by atoms with Crippen molar-refractivity contribution in [2.75, 3.05) is 14.2 Å². The van der Waals surface area contributed by atoms with Gasteiger partial charge in [-0.15, -0.1) is 0 Å². The highest BCUT2D eigenvalue weighted by atomic mass is 16.5. The van der Waals surface area contributed by atoms with Gasteiger partial charge >= 0.3 is 11.9 Å². The molecule has 2 aliphatic carbocycles. The third-order valence-electron chi connectivity index (χ3n) is 6.14. The lowest BCUT2D eigenvalue weighted by atomic mass is 9.73. The van der Waals surface area contributed by atoms with Gasteiger partial charge in [0.1, 0.15) is 0 Å². The van der Waals surface area contributed by atoms with Crippen molar-refractivity contribution in [1.82, 2.24) is 0 Å². The predicted molar refractivity (Wildman–Crippen MR) is 93.4 cm³/mol. The number of methoxy groups -OCH3 is 2. The van der Waals surface area contributed by atoms with E-state index in [0.717, 1.165) is 19.3 Å². The number of hydrogen-bond acceptors (Lipinski definition) is 4. The minimum absolute atomic E-state index is 0.139. The van der Waals surface area contributed by atoms with Gasteiger partial charge in [-0.1, -0.05) is 51.4 Å². The van der Waals surface area contributed by atoms with Crippen LogP contribution in [0.25, 0.3) is 0 Å². The van der Waals surface area contributed by atoms with Gasteiger partial charge in [-0.3, -0.25) is 9.59 Å². The first-order valence-corrected chi connectivity index (χ1v) is 9.81. The Morgan fingerprint density at radius 3 is 1.92 bits per heavy atom. The van der Waals surface area contributed by atoms with Gasteiger partial charge < -0.3 is 9.47 Å². The molecule has 2 saturated carbocycles. The van der Waals surface area contributed by atoms with Gasteiger partial charge in [0, 0.05) is 0 Å². The van der Waals surface area contributed by atoms with Crippen LogP contribution >= 0.6 is 0 Å². The lowest BCUT2D eigenvalue weighted by Gasteiger charge is -2.32. The molecule has 0 heterocycles. The van der Waals surface area contributed by atoms with E-state index in [0.29, 0.717) is 18.3 Å². The van der Waals surface area contributed by atoms with E-state index in [-0.39, 0.29) is 23.8 Å². The van der Waals surface area contributed by atoms with Crippen LogP contribution in [0, 0.1) is 23.7 Å². The van der Waals surface area contributed by atoms with Crippen LogP contribution < -0.4 is 0 Å². The van der Waals surface area contributed by atoms with Crippen LogP contribution in [0.1, 0.15) is 77.0 Å². The zero-order valence-electron chi connectivity index (χ0n) is 15.4. The molecule has 0 saturated heterocycles. The number of carbonyl (C=O) groups excluding carboxylic acids is 2. The zero-order chi connectivity index (χ0) is 17.4. The first-order valence-electron chi connectivity index (χ1n) is 9.81. The molecular weight excluding hydrogens is 304 g/mol.